The van der Waals surface area contributed by atoms with Gasteiger partial charge in [0.15, 0.2) is 5.78 Å². The minimum atomic E-state index is -3.89. The minimum absolute atomic E-state index is 0.0449. The molecule has 190 valence electrons. The molecule has 10 heteroatoms. The Hall–Kier alpha value is -2.91. The molecule has 0 saturated heterocycles. The van der Waals surface area contributed by atoms with E-state index in [-0.39, 0.29) is 23.9 Å². The topological polar surface area (TPSA) is 104 Å². The van der Waals surface area contributed by atoms with Gasteiger partial charge in [-0.1, -0.05) is 35.9 Å². The Morgan fingerprint density at radius 3 is 2.23 bits per heavy atom. The molecule has 1 N–H and O–H groups in total. The molecule has 2 rings (SSSR count). The lowest BCUT2D eigenvalue weighted by molar-refractivity contribution is -0.140. The first-order chi connectivity index (χ1) is 16.1. The molecule has 2 amide bonds. The summed E-state index contributed by atoms with van der Waals surface area (Å²) in [5.74, 6) is -1.20. The maximum Gasteiger partial charge on any atom is 0.244 e. The maximum atomic E-state index is 13.5. The van der Waals surface area contributed by atoms with E-state index in [2.05, 4.69) is 5.32 Å². The molecule has 2 aromatic carbocycles. The molecule has 8 nitrogen and oxygen atoms in total. The molecule has 0 fully saturated rings. The highest BCUT2D eigenvalue weighted by Gasteiger charge is 2.31. The first kappa shape index (κ1) is 28.3. The van der Waals surface area contributed by atoms with Crippen molar-refractivity contribution in [3.8, 4) is 0 Å². The van der Waals surface area contributed by atoms with E-state index < -0.39 is 34.1 Å². The lowest BCUT2D eigenvalue weighted by Gasteiger charge is -2.33. The van der Waals surface area contributed by atoms with Crippen LogP contribution in [0.2, 0.25) is 5.02 Å². The van der Waals surface area contributed by atoms with Crippen molar-refractivity contribution in [3.05, 3.63) is 64.7 Å². The van der Waals surface area contributed by atoms with Crippen molar-refractivity contribution in [2.45, 2.75) is 52.7 Å². The first-order valence-electron chi connectivity index (χ1n) is 11.0. The number of sulfonamides is 1. The highest BCUT2D eigenvalue weighted by Crippen LogP contribution is 2.21. The number of nitrogens with one attached hydrogen (secondary N) is 1. The van der Waals surface area contributed by atoms with Crippen molar-refractivity contribution in [2.75, 3.05) is 17.1 Å². The molecule has 1 unspecified atom stereocenters. The van der Waals surface area contributed by atoms with Gasteiger partial charge in [-0.2, -0.15) is 0 Å². The number of rotatable bonds is 9. The van der Waals surface area contributed by atoms with E-state index in [0.29, 0.717) is 16.1 Å². The highest BCUT2D eigenvalue weighted by atomic mass is 35.5. The molecule has 0 spiro atoms. The summed E-state index contributed by atoms with van der Waals surface area (Å²) in [7, 11) is -3.89. The number of nitrogens with zero attached hydrogens (tertiary/aromatic N) is 2. The van der Waals surface area contributed by atoms with Gasteiger partial charge in [-0.15, -0.1) is 0 Å². The number of amides is 2. The van der Waals surface area contributed by atoms with Crippen LogP contribution in [0.3, 0.4) is 0 Å². The maximum absolute atomic E-state index is 13.5. The molecule has 0 saturated carbocycles. The molecule has 0 aliphatic heterocycles. The van der Waals surface area contributed by atoms with Crippen LogP contribution in [0, 0.1) is 0 Å². The average molecular weight is 522 g/mol. The van der Waals surface area contributed by atoms with Gasteiger partial charge >= 0.3 is 0 Å². The lowest BCUT2D eigenvalue weighted by Crippen LogP contribution is -2.54. The van der Waals surface area contributed by atoms with Crippen LogP contribution in [0.1, 0.15) is 50.5 Å². The Morgan fingerprint density at radius 2 is 1.69 bits per heavy atom. The third-order valence-electron chi connectivity index (χ3n) is 5.13. The predicted molar refractivity (Wildman–Crippen MR) is 138 cm³/mol. The standard InChI is InChI=1S/C25H32ClN3O5S/c1-17(24(32)27-25(3,4)5)28(15-19-9-7-11-21(26)13-19)23(31)16-29(35(6,33)34)22-12-8-10-20(14-22)18(2)30/h7-14,17H,15-16H2,1-6H3,(H,27,32). The van der Waals surface area contributed by atoms with Gasteiger partial charge in [-0.3, -0.25) is 18.7 Å². The summed E-state index contributed by atoms with van der Waals surface area (Å²) in [5, 5.41) is 3.33. The molecule has 1 atom stereocenters. The number of hydrogen-bond acceptors (Lipinski definition) is 5. The van der Waals surface area contributed by atoms with Gasteiger partial charge in [0.05, 0.1) is 11.9 Å². The van der Waals surface area contributed by atoms with Crippen molar-refractivity contribution >= 4 is 44.9 Å². The fourth-order valence-electron chi connectivity index (χ4n) is 3.38. The molecular formula is C25H32ClN3O5S. The van der Waals surface area contributed by atoms with Gasteiger partial charge in [0.1, 0.15) is 12.6 Å². The van der Waals surface area contributed by atoms with Crippen LogP contribution in [0.15, 0.2) is 48.5 Å². The Kier molecular flexibility index (Phi) is 9.08. The number of anilines is 1. The van der Waals surface area contributed by atoms with E-state index in [1.807, 2.05) is 20.8 Å². The smallest absolute Gasteiger partial charge is 0.244 e. The van der Waals surface area contributed by atoms with Crippen LogP contribution < -0.4 is 9.62 Å². The third kappa shape index (κ3) is 8.36. The second kappa shape index (κ2) is 11.2. The molecular weight excluding hydrogens is 490 g/mol. The highest BCUT2D eigenvalue weighted by molar-refractivity contribution is 7.92. The number of benzene rings is 2. The fraction of sp³-hybridized carbons (Fsp3) is 0.400. The van der Waals surface area contributed by atoms with Gasteiger partial charge < -0.3 is 10.2 Å². The zero-order chi connectivity index (χ0) is 26.6. The monoisotopic (exact) mass is 521 g/mol. The Morgan fingerprint density at radius 1 is 1.06 bits per heavy atom. The molecule has 0 aliphatic rings. The largest absolute Gasteiger partial charge is 0.350 e. The van der Waals surface area contributed by atoms with Gasteiger partial charge in [-0.05, 0) is 64.4 Å². The summed E-state index contributed by atoms with van der Waals surface area (Å²) in [5.41, 5.74) is 0.660. The molecule has 0 aromatic heterocycles. The summed E-state index contributed by atoms with van der Waals surface area (Å²) >= 11 is 6.10. The molecule has 2 aromatic rings. The number of carbonyl (C=O) groups excluding carboxylic acids is 3. The summed E-state index contributed by atoms with van der Waals surface area (Å²) in [6.07, 6.45) is 0.984. The predicted octanol–water partition coefficient (Wildman–Crippen LogP) is 3.64. The van der Waals surface area contributed by atoms with Gasteiger partial charge in [0, 0.05) is 22.7 Å². The molecule has 0 radical (unpaired) electrons. The van der Waals surface area contributed by atoms with Crippen molar-refractivity contribution < 1.29 is 22.8 Å². The SMILES string of the molecule is CC(=O)c1cccc(N(CC(=O)N(Cc2cccc(Cl)c2)C(C)C(=O)NC(C)(C)C)S(C)(=O)=O)c1. The summed E-state index contributed by atoms with van der Waals surface area (Å²) < 4.78 is 26.2. The molecule has 0 bridgehead atoms. The van der Waals surface area contributed by atoms with E-state index in [1.54, 1.807) is 43.3 Å². The van der Waals surface area contributed by atoms with E-state index in [0.717, 1.165) is 10.6 Å². The number of carbonyl (C=O) groups is 3. The number of halogens is 1. The second-order valence-corrected chi connectivity index (χ2v) is 11.8. The minimum Gasteiger partial charge on any atom is -0.350 e. The molecule has 0 heterocycles. The number of hydrogen-bond donors (Lipinski definition) is 1. The summed E-state index contributed by atoms with van der Waals surface area (Å²) in [4.78, 5) is 39.6. The van der Waals surface area contributed by atoms with E-state index in [1.165, 1.54) is 24.0 Å². The van der Waals surface area contributed by atoms with E-state index >= 15 is 0 Å². The normalized spacial score (nSPS) is 12.5. The van der Waals surface area contributed by atoms with E-state index in [9.17, 15) is 22.8 Å². The van der Waals surface area contributed by atoms with Crippen LogP contribution in [-0.2, 0) is 26.2 Å². The van der Waals surface area contributed by atoms with Crippen molar-refractivity contribution in [3.63, 3.8) is 0 Å². The Bertz CT molecular complexity index is 1210. The zero-order valence-corrected chi connectivity index (χ0v) is 22.4. The van der Waals surface area contributed by atoms with Crippen LogP contribution in [-0.4, -0.2) is 55.3 Å². The van der Waals surface area contributed by atoms with Crippen LogP contribution >= 0.6 is 11.6 Å². The van der Waals surface area contributed by atoms with Crippen LogP contribution in [0.5, 0.6) is 0 Å². The third-order valence-corrected chi connectivity index (χ3v) is 6.50. The fourth-order valence-corrected chi connectivity index (χ4v) is 4.44. The zero-order valence-electron chi connectivity index (χ0n) is 20.8. The van der Waals surface area contributed by atoms with Crippen molar-refractivity contribution in [2.24, 2.45) is 0 Å². The van der Waals surface area contributed by atoms with Crippen molar-refractivity contribution in [1.82, 2.24) is 10.2 Å². The first-order valence-corrected chi connectivity index (χ1v) is 13.3. The van der Waals surface area contributed by atoms with Crippen LogP contribution in [0.4, 0.5) is 5.69 Å². The van der Waals surface area contributed by atoms with Gasteiger partial charge in [0.25, 0.3) is 0 Å². The Labute approximate surface area is 212 Å². The van der Waals surface area contributed by atoms with Gasteiger partial charge in [0.2, 0.25) is 21.8 Å². The number of ketones is 1. The van der Waals surface area contributed by atoms with Crippen LogP contribution in [0.25, 0.3) is 0 Å². The van der Waals surface area contributed by atoms with Crippen molar-refractivity contribution in [1.29, 1.82) is 0 Å². The number of Topliss-reactive ketones (excluding diaryl/α,β-unsaturated/α-hetero) is 1. The average Bonchev–Trinajstić information content (AvgIpc) is 2.73. The van der Waals surface area contributed by atoms with E-state index in [4.69, 9.17) is 11.6 Å². The quantitative estimate of drug-likeness (QED) is 0.507. The molecule has 0 aliphatic carbocycles. The summed E-state index contributed by atoms with van der Waals surface area (Å²) in [6.45, 7) is 7.94. The Balaban J connectivity index is 2.45. The second-order valence-electron chi connectivity index (χ2n) is 9.44. The molecule has 35 heavy (non-hydrogen) atoms. The summed E-state index contributed by atoms with van der Waals surface area (Å²) in [6, 6.07) is 12.0. The van der Waals surface area contributed by atoms with Gasteiger partial charge in [-0.25, -0.2) is 8.42 Å². The lowest BCUT2D eigenvalue weighted by atomic mass is 10.1.